The molecule has 0 unspecified atom stereocenters. The van der Waals surface area contributed by atoms with Gasteiger partial charge in [0.15, 0.2) is 0 Å². The molecule has 7 heteroatoms. The van der Waals surface area contributed by atoms with E-state index in [1.54, 1.807) is 24.4 Å². The molecule has 0 bridgehead atoms. The molecule has 0 amide bonds. The first kappa shape index (κ1) is 18.1. The second-order valence-corrected chi connectivity index (χ2v) is 5.91. The third-order valence-corrected chi connectivity index (χ3v) is 4.17. The highest BCUT2D eigenvalue weighted by Crippen LogP contribution is 2.25. The van der Waals surface area contributed by atoms with Crippen molar-refractivity contribution in [3.63, 3.8) is 0 Å². The van der Waals surface area contributed by atoms with Gasteiger partial charge in [0.2, 0.25) is 0 Å². The average molecular weight is 372 g/mol. The summed E-state index contributed by atoms with van der Waals surface area (Å²) in [6, 6.07) is 6.54. The number of rotatable bonds is 3. The fourth-order valence-corrected chi connectivity index (χ4v) is 3.08. The van der Waals surface area contributed by atoms with E-state index in [-0.39, 0.29) is 5.82 Å². The Morgan fingerprint density at radius 1 is 1.12 bits per heavy atom. The lowest BCUT2D eigenvalue weighted by molar-refractivity contribution is 0.611. The molecule has 0 fully saturated rings. The Morgan fingerprint density at radius 2 is 1.88 bits per heavy atom. The molecule has 3 aromatic heterocycles. The maximum Gasteiger partial charge on any atom is 0.148 e. The lowest BCUT2D eigenvalue weighted by atomic mass is 10.3. The van der Waals surface area contributed by atoms with Gasteiger partial charge in [-0.15, -0.1) is 0 Å². The molecule has 0 aliphatic rings. The number of para-hydroxylation sites is 1. The molecule has 1 aromatic carbocycles. The summed E-state index contributed by atoms with van der Waals surface area (Å²) in [6.45, 7) is 6.53. The molecule has 0 radical (unpaired) electrons. The summed E-state index contributed by atoms with van der Waals surface area (Å²) in [4.78, 5) is 8.34. The Hall–Kier alpha value is -2.73. The van der Waals surface area contributed by atoms with E-state index in [4.69, 9.17) is 11.6 Å². The van der Waals surface area contributed by atoms with E-state index in [0.717, 1.165) is 22.2 Å². The van der Waals surface area contributed by atoms with Crippen molar-refractivity contribution < 1.29 is 4.39 Å². The predicted molar refractivity (Wildman–Crippen MR) is 101 cm³/mol. The number of aryl methyl sites for hydroxylation is 1. The minimum absolute atomic E-state index is 0.311. The first-order valence-corrected chi connectivity index (χ1v) is 8.75. The largest absolute Gasteiger partial charge is 0.328 e. The van der Waals surface area contributed by atoms with Gasteiger partial charge in [-0.2, -0.15) is 5.10 Å². The van der Waals surface area contributed by atoms with Gasteiger partial charge in [0, 0.05) is 18.0 Å². The zero-order chi connectivity index (χ0) is 18.7. The number of hydrogen-bond donors (Lipinski definition) is 0. The van der Waals surface area contributed by atoms with Crippen molar-refractivity contribution in [2.45, 2.75) is 27.3 Å². The van der Waals surface area contributed by atoms with Crippen LogP contribution in [-0.4, -0.2) is 24.3 Å². The maximum atomic E-state index is 13.9. The van der Waals surface area contributed by atoms with E-state index in [1.165, 1.54) is 17.1 Å². The van der Waals surface area contributed by atoms with E-state index in [9.17, 15) is 4.39 Å². The van der Waals surface area contributed by atoms with Crippen molar-refractivity contribution >= 4 is 22.6 Å². The Bertz CT molecular complexity index is 1040. The van der Waals surface area contributed by atoms with Crippen LogP contribution in [-0.2, 0) is 6.54 Å². The minimum atomic E-state index is -0.311. The summed E-state index contributed by atoms with van der Waals surface area (Å²) in [5, 5.41) is 5.54. The van der Waals surface area contributed by atoms with Gasteiger partial charge in [-0.05, 0) is 24.6 Å². The van der Waals surface area contributed by atoms with Crippen LogP contribution in [0.2, 0.25) is 5.15 Å². The number of aromatic nitrogens is 5. The fraction of sp³-hybridized carbons (Fsp3) is 0.211. The van der Waals surface area contributed by atoms with Crippen molar-refractivity contribution in [1.82, 2.24) is 24.3 Å². The molecule has 4 rings (SSSR count). The summed E-state index contributed by atoms with van der Waals surface area (Å²) in [5.74, 6) is -0.311. The zero-order valence-electron chi connectivity index (χ0n) is 14.8. The van der Waals surface area contributed by atoms with Gasteiger partial charge in [0.1, 0.15) is 28.6 Å². The van der Waals surface area contributed by atoms with Gasteiger partial charge >= 0.3 is 0 Å². The fourth-order valence-electron chi connectivity index (χ4n) is 2.80. The van der Waals surface area contributed by atoms with Crippen molar-refractivity contribution in [2.24, 2.45) is 0 Å². The molecule has 0 saturated heterocycles. The molecule has 5 nitrogen and oxygen atoms in total. The number of nitrogens with zero attached hydrogens (tertiary/aromatic N) is 5. The molecule has 0 atom stereocenters. The second-order valence-electron chi connectivity index (χ2n) is 5.55. The van der Waals surface area contributed by atoms with Crippen molar-refractivity contribution in [2.75, 3.05) is 0 Å². The summed E-state index contributed by atoms with van der Waals surface area (Å²) < 4.78 is 17.4. The second kappa shape index (κ2) is 7.66. The maximum absolute atomic E-state index is 13.9. The van der Waals surface area contributed by atoms with Crippen LogP contribution in [0.1, 0.15) is 25.0 Å². The van der Waals surface area contributed by atoms with Crippen LogP contribution in [0.15, 0.2) is 49.2 Å². The van der Waals surface area contributed by atoms with E-state index in [2.05, 4.69) is 15.1 Å². The van der Waals surface area contributed by atoms with Crippen molar-refractivity contribution in [3.05, 3.63) is 71.3 Å². The molecule has 3 heterocycles. The Kier molecular flexibility index (Phi) is 5.32. The monoisotopic (exact) mass is 371 g/mol. The van der Waals surface area contributed by atoms with Gasteiger partial charge < -0.3 is 4.57 Å². The topological polar surface area (TPSA) is 48.5 Å². The molecule has 0 aliphatic carbocycles. The molecule has 0 spiro atoms. The first-order chi connectivity index (χ1) is 12.6. The zero-order valence-corrected chi connectivity index (χ0v) is 15.6. The number of hydrogen-bond acceptors (Lipinski definition) is 3. The van der Waals surface area contributed by atoms with Crippen LogP contribution < -0.4 is 0 Å². The summed E-state index contributed by atoms with van der Waals surface area (Å²) >= 11 is 6.16. The van der Waals surface area contributed by atoms with Gasteiger partial charge in [-0.25, -0.2) is 19.0 Å². The SMILES string of the molecule is CC.Cc1cn(Cc2cnn(-c3ccccc3F)c2)c2ncnc(Cl)c12. The lowest BCUT2D eigenvalue weighted by Crippen LogP contribution is -1.99. The highest BCUT2D eigenvalue weighted by Gasteiger charge is 2.12. The third kappa shape index (κ3) is 3.32. The van der Waals surface area contributed by atoms with E-state index in [1.807, 2.05) is 37.7 Å². The summed E-state index contributed by atoms with van der Waals surface area (Å²) in [6.07, 6.45) is 6.95. The molecule has 0 saturated carbocycles. The third-order valence-electron chi connectivity index (χ3n) is 3.89. The molecule has 4 aromatic rings. The average Bonchev–Trinajstić information content (AvgIpc) is 3.23. The van der Waals surface area contributed by atoms with Crippen molar-refractivity contribution in [1.29, 1.82) is 0 Å². The van der Waals surface area contributed by atoms with Crippen molar-refractivity contribution in [3.8, 4) is 5.69 Å². The summed E-state index contributed by atoms with van der Waals surface area (Å²) in [7, 11) is 0. The highest BCUT2D eigenvalue weighted by atomic mass is 35.5. The van der Waals surface area contributed by atoms with Crippen LogP contribution in [0.4, 0.5) is 4.39 Å². The van der Waals surface area contributed by atoms with Crippen LogP contribution in [0.25, 0.3) is 16.7 Å². The standard InChI is InChI=1S/C17H13ClFN5.C2H6/c1-11-7-23(17-15(11)16(18)20-10-21-17)8-12-6-22-24(9-12)14-5-3-2-4-13(14)19;1-2/h2-7,9-10H,8H2,1H3;1-2H3. The van der Waals surface area contributed by atoms with Crippen LogP contribution in [0, 0.1) is 12.7 Å². The quantitative estimate of drug-likeness (QED) is 0.486. The highest BCUT2D eigenvalue weighted by molar-refractivity contribution is 6.34. The van der Waals surface area contributed by atoms with E-state index in [0.29, 0.717) is 17.4 Å². The van der Waals surface area contributed by atoms with Crippen LogP contribution in [0.3, 0.4) is 0 Å². The molecular formula is C19H19ClFN5. The molecule has 26 heavy (non-hydrogen) atoms. The molecular weight excluding hydrogens is 353 g/mol. The molecule has 0 N–H and O–H groups in total. The number of halogens is 2. The van der Waals surface area contributed by atoms with Gasteiger partial charge in [-0.3, -0.25) is 0 Å². The minimum Gasteiger partial charge on any atom is -0.328 e. The van der Waals surface area contributed by atoms with Gasteiger partial charge in [0.25, 0.3) is 0 Å². The Morgan fingerprint density at radius 3 is 2.65 bits per heavy atom. The number of fused-ring (bicyclic) bond motifs is 1. The lowest BCUT2D eigenvalue weighted by Gasteiger charge is -2.03. The summed E-state index contributed by atoms with van der Waals surface area (Å²) in [5.41, 5.74) is 3.13. The van der Waals surface area contributed by atoms with E-state index < -0.39 is 0 Å². The Labute approximate surface area is 156 Å². The normalized spacial score (nSPS) is 10.7. The number of benzene rings is 1. The Balaban J connectivity index is 0.000000948. The van der Waals surface area contributed by atoms with E-state index >= 15 is 0 Å². The van der Waals surface area contributed by atoms with Crippen LogP contribution in [0.5, 0.6) is 0 Å². The van der Waals surface area contributed by atoms with Gasteiger partial charge in [-0.1, -0.05) is 37.6 Å². The molecule has 0 aliphatic heterocycles. The first-order valence-electron chi connectivity index (χ1n) is 8.38. The molecule has 134 valence electrons. The van der Waals surface area contributed by atoms with Crippen LogP contribution >= 0.6 is 11.6 Å². The van der Waals surface area contributed by atoms with Gasteiger partial charge in [0.05, 0.1) is 18.1 Å². The predicted octanol–water partition coefficient (Wildman–Crippen LogP) is 4.79. The smallest absolute Gasteiger partial charge is 0.148 e.